The number of benzene rings is 2. The molecule has 1 aliphatic carbocycles. The standard InChI is InChI=1S/C40H56FN7O2/c1-10-39(8,9)30-15-19-40(20-16-30)43-34(29-21-26(22-31(41)23-29)24-38(5,6)7)36(50)48(40)32(17-18-37(2,3)4)27-11-13-28(14-12-27)35(49)42-25-33-44-46-47-45-33/h11-14,21-23,30,32H,10,15-20,24-25H2,1-9H3,(H,42,49)(H,44,45,46,47). The van der Waals surface area contributed by atoms with Crippen LogP contribution in [0.4, 0.5) is 4.39 Å². The third kappa shape index (κ3) is 8.67. The molecule has 0 saturated heterocycles. The molecule has 1 atom stereocenters. The highest BCUT2D eigenvalue weighted by atomic mass is 19.1. The van der Waals surface area contributed by atoms with Crippen molar-refractivity contribution in [3.8, 4) is 0 Å². The minimum atomic E-state index is -0.730. The number of carbonyl (C=O) groups excluding carboxylic acids is 2. The van der Waals surface area contributed by atoms with Crippen molar-refractivity contribution in [1.82, 2.24) is 30.8 Å². The first-order chi connectivity index (χ1) is 23.4. The molecule has 3 aromatic rings. The Labute approximate surface area is 297 Å². The van der Waals surface area contributed by atoms with Crippen molar-refractivity contribution >= 4 is 17.5 Å². The zero-order valence-corrected chi connectivity index (χ0v) is 31.5. The Morgan fingerprint density at radius 3 is 2.28 bits per heavy atom. The first-order valence-corrected chi connectivity index (χ1v) is 18.2. The molecule has 2 aliphatic rings. The predicted molar refractivity (Wildman–Crippen MR) is 195 cm³/mol. The molecule has 270 valence electrons. The summed E-state index contributed by atoms with van der Waals surface area (Å²) in [5.41, 5.74) is 2.67. The van der Waals surface area contributed by atoms with Gasteiger partial charge in [-0.05, 0) is 109 Å². The van der Waals surface area contributed by atoms with Crippen LogP contribution in [0.15, 0.2) is 47.5 Å². The molecule has 0 bridgehead atoms. The van der Waals surface area contributed by atoms with Gasteiger partial charge in [0.1, 0.15) is 17.2 Å². The van der Waals surface area contributed by atoms with Crippen molar-refractivity contribution in [2.45, 2.75) is 132 Å². The smallest absolute Gasteiger partial charge is 0.275 e. The third-order valence-electron chi connectivity index (χ3n) is 10.8. The van der Waals surface area contributed by atoms with Gasteiger partial charge in [-0.25, -0.2) is 4.39 Å². The summed E-state index contributed by atoms with van der Waals surface area (Å²) in [7, 11) is 0. The van der Waals surface area contributed by atoms with Crippen LogP contribution in [0.25, 0.3) is 0 Å². The van der Waals surface area contributed by atoms with Gasteiger partial charge >= 0.3 is 0 Å². The minimum Gasteiger partial charge on any atom is -0.345 e. The summed E-state index contributed by atoms with van der Waals surface area (Å²) >= 11 is 0. The van der Waals surface area contributed by atoms with E-state index >= 15 is 4.39 Å². The normalized spacial score (nSPS) is 20.7. The summed E-state index contributed by atoms with van der Waals surface area (Å²) in [6.45, 7) is 20.1. The molecule has 9 nitrogen and oxygen atoms in total. The van der Waals surface area contributed by atoms with Gasteiger partial charge in [-0.1, -0.05) is 86.1 Å². The van der Waals surface area contributed by atoms with Gasteiger partial charge in [-0.3, -0.25) is 14.6 Å². The number of nitrogens with zero attached hydrogens (tertiary/aromatic N) is 5. The molecule has 1 aromatic heterocycles. The van der Waals surface area contributed by atoms with Crippen LogP contribution in [0.1, 0.15) is 146 Å². The first-order valence-electron chi connectivity index (χ1n) is 18.2. The van der Waals surface area contributed by atoms with E-state index < -0.39 is 5.66 Å². The number of hydrogen-bond donors (Lipinski definition) is 2. The van der Waals surface area contributed by atoms with Gasteiger partial charge < -0.3 is 10.2 Å². The number of H-pyrrole nitrogens is 1. The lowest BCUT2D eigenvalue weighted by molar-refractivity contribution is -0.134. The number of nitrogens with one attached hydrogen (secondary N) is 2. The highest BCUT2D eigenvalue weighted by molar-refractivity contribution is 6.46. The van der Waals surface area contributed by atoms with Crippen LogP contribution in [0.2, 0.25) is 0 Å². The summed E-state index contributed by atoms with van der Waals surface area (Å²) < 4.78 is 15.2. The van der Waals surface area contributed by atoms with Crippen LogP contribution in [-0.2, 0) is 17.8 Å². The summed E-state index contributed by atoms with van der Waals surface area (Å²) in [5, 5.41) is 16.6. The van der Waals surface area contributed by atoms with E-state index in [2.05, 4.69) is 88.3 Å². The van der Waals surface area contributed by atoms with Crippen molar-refractivity contribution in [3.05, 3.63) is 76.4 Å². The second kappa shape index (κ2) is 14.3. The molecule has 1 unspecified atom stereocenters. The first kappa shape index (κ1) is 37.3. The summed E-state index contributed by atoms with van der Waals surface area (Å²) in [6.07, 6.45) is 6.81. The lowest BCUT2D eigenvalue weighted by atomic mass is 9.67. The lowest BCUT2D eigenvalue weighted by Gasteiger charge is -2.48. The fraction of sp³-hybridized carbons (Fsp3) is 0.600. The molecule has 1 aliphatic heterocycles. The molecule has 0 radical (unpaired) electrons. The predicted octanol–water partition coefficient (Wildman–Crippen LogP) is 8.38. The van der Waals surface area contributed by atoms with E-state index in [1.54, 1.807) is 6.07 Å². The zero-order chi connectivity index (χ0) is 36.5. The molecule has 2 aromatic carbocycles. The second-order valence-electron chi connectivity index (χ2n) is 17.6. The average Bonchev–Trinajstić information content (AvgIpc) is 3.65. The van der Waals surface area contributed by atoms with Crippen LogP contribution in [0, 0.1) is 28.0 Å². The summed E-state index contributed by atoms with van der Waals surface area (Å²) in [5.74, 6) is 0.176. The Morgan fingerprint density at radius 1 is 1.02 bits per heavy atom. The number of carbonyl (C=O) groups is 2. The molecule has 1 spiro atoms. The molecule has 2 N–H and O–H groups in total. The monoisotopic (exact) mass is 685 g/mol. The van der Waals surface area contributed by atoms with Crippen LogP contribution >= 0.6 is 0 Å². The molecule has 50 heavy (non-hydrogen) atoms. The van der Waals surface area contributed by atoms with Gasteiger partial charge in [0.05, 0.1) is 12.6 Å². The number of amides is 2. The third-order valence-corrected chi connectivity index (χ3v) is 10.8. The van der Waals surface area contributed by atoms with E-state index in [4.69, 9.17) is 4.99 Å². The molecular formula is C40H56FN7O2. The number of aromatic amines is 1. The summed E-state index contributed by atoms with van der Waals surface area (Å²) in [6, 6.07) is 12.3. The highest BCUT2D eigenvalue weighted by Gasteiger charge is 2.53. The second-order valence-corrected chi connectivity index (χ2v) is 17.6. The Bertz CT molecular complexity index is 1680. The fourth-order valence-electron chi connectivity index (χ4n) is 7.63. The average molecular weight is 686 g/mol. The van der Waals surface area contributed by atoms with Crippen molar-refractivity contribution < 1.29 is 14.0 Å². The quantitative estimate of drug-likeness (QED) is 0.210. The molecule has 10 heteroatoms. The Morgan fingerprint density at radius 2 is 1.70 bits per heavy atom. The maximum absolute atomic E-state index is 15.2. The van der Waals surface area contributed by atoms with Gasteiger partial charge in [0.25, 0.3) is 11.8 Å². The molecule has 2 amide bonds. The number of halogens is 1. The van der Waals surface area contributed by atoms with E-state index in [1.165, 1.54) is 6.07 Å². The minimum absolute atomic E-state index is 0.0279. The molecule has 1 fully saturated rings. The maximum atomic E-state index is 15.2. The molecule has 1 saturated carbocycles. The van der Waals surface area contributed by atoms with Crippen LogP contribution in [-0.4, -0.2) is 48.7 Å². The summed E-state index contributed by atoms with van der Waals surface area (Å²) in [4.78, 5) is 35.3. The number of hydrogen-bond acceptors (Lipinski definition) is 6. The zero-order valence-electron chi connectivity index (χ0n) is 31.5. The van der Waals surface area contributed by atoms with Crippen molar-refractivity contribution in [3.63, 3.8) is 0 Å². The largest absolute Gasteiger partial charge is 0.345 e. The number of tetrazole rings is 1. The van der Waals surface area contributed by atoms with Gasteiger partial charge in [-0.15, -0.1) is 10.2 Å². The lowest BCUT2D eigenvalue weighted by Crippen LogP contribution is -2.51. The van der Waals surface area contributed by atoms with E-state index in [0.29, 0.717) is 35.0 Å². The van der Waals surface area contributed by atoms with E-state index in [9.17, 15) is 9.59 Å². The molecular weight excluding hydrogens is 629 g/mol. The Balaban J connectivity index is 1.54. The molecule has 2 heterocycles. The topological polar surface area (TPSA) is 116 Å². The SMILES string of the molecule is CCC(C)(C)C1CCC2(CC1)N=C(c1cc(F)cc(CC(C)(C)C)c1)C(=O)N2C(CCC(C)(C)C)c1ccc(C(=O)NCc2nn[nH]n2)cc1. The van der Waals surface area contributed by atoms with E-state index in [-0.39, 0.29) is 46.5 Å². The van der Waals surface area contributed by atoms with Crippen LogP contribution in [0.5, 0.6) is 0 Å². The van der Waals surface area contributed by atoms with Gasteiger partial charge in [0.15, 0.2) is 5.82 Å². The van der Waals surface area contributed by atoms with Gasteiger partial charge in [-0.2, -0.15) is 5.21 Å². The molecule has 5 rings (SSSR count). The van der Waals surface area contributed by atoms with E-state index in [1.807, 2.05) is 35.2 Å². The van der Waals surface area contributed by atoms with Gasteiger partial charge in [0, 0.05) is 11.1 Å². The highest BCUT2D eigenvalue weighted by Crippen LogP contribution is 2.51. The van der Waals surface area contributed by atoms with Crippen LogP contribution < -0.4 is 5.32 Å². The Hall–Kier alpha value is -3.95. The van der Waals surface area contributed by atoms with Gasteiger partial charge in [0.2, 0.25) is 0 Å². The maximum Gasteiger partial charge on any atom is 0.275 e. The van der Waals surface area contributed by atoms with Crippen molar-refractivity contribution in [2.24, 2.45) is 27.2 Å². The number of rotatable bonds is 11. The van der Waals surface area contributed by atoms with Crippen LogP contribution in [0.3, 0.4) is 0 Å². The van der Waals surface area contributed by atoms with E-state index in [0.717, 1.165) is 56.1 Å². The Kier molecular flexibility index (Phi) is 10.7. The number of aliphatic imine (C=N–C) groups is 1. The number of aromatic nitrogens is 4. The van der Waals surface area contributed by atoms with Crippen molar-refractivity contribution in [1.29, 1.82) is 0 Å². The van der Waals surface area contributed by atoms with Crippen molar-refractivity contribution in [2.75, 3.05) is 0 Å². The fourth-order valence-corrected chi connectivity index (χ4v) is 7.63.